The van der Waals surface area contributed by atoms with E-state index in [-0.39, 0.29) is 10.5 Å². The van der Waals surface area contributed by atoms with E-state index < -0.39 is 20.2 Å². The van der Waals surface area contributed by atoms with E-state index in [0.29, 0.717) is 13.1 Å². The zero-order valence-corrected chi connectivity index (χ0v) is 12.1. The monoisotopic (exact) mass is 357 g/mol. The minimum absolute atomic E-state index is 0.113. The van der Waals surface area contributed by atoms with Gasteiger partial charge >= 0.3 is 5.51 Å². The molecule has 0 aromatic heterocycles. The minimum atomic E-state index is -5.32. The van der Waals surface area contributed by atoms with Crippen LogP contribution in [0.4, 0.5) is 18.9 Å². The number of hydrogen-bond donors (Lipinski definition) is 0. The van der Waals surface area contributed by atoms with E-state index in [9.17, 15) is 21.6 Å². The first kappa shape index (κ1) is 14.6. The maximum atomic E-state index is 12.6. The van der Waals surface area contributed by atoms with Crippen molar-refractivity contribution >= 4 is 31.5 Å². The largest absolute Gasteiger partial charge is 0.501 e. The highest BCUT2D eigenvalue weighted by Crippen LogP contribution is 2.37. The molecule has 1 saturated heterocycles. The maximum absolute atomic E-state index is 12.6. The molecule has 1 unspecified atom stereocenters. The minimum Gasteiger partial charge on any atom is -0.369 e. The van der Waals surface area contributed by atoms with Crippen LogP contribution in [-0.4, -0.2) is 31.8 Å². The first-order valence-electron chi connectivity index (χ1n) is 5.53. The van der Waals surface area contributed by atoms with Crippen LogP contribution in [0.5, 0.6) is 0 Å². The van der Waals surface area contributed by atoms with Gasteiger partial charge in [-0.25, -0.2) is 8.42 Å². The maximum Gasteiger partial charge on any atom is 0.501 e. The van der Waals surface area contributed by atoms with Crippen LogP contribution in [0.2, 0.25) is 0 Å². The van der Waals surface area contributed by atoms with Gasteiger partial charge in [-0.1, -0.05) is 28.1 Å². The van der Waals surface area contributed by atoms with Gasteiger partial charge in [0.05, 0.1) is 10.6 Å². The molecule has 0 saturated carbocycles. The first-order valence-corrected chi connectivity index (χ1v) is 7.93. The Morgan fingerprint density at radius 1 is 1.26 bits per heavy atom. The average molecular weight is 358 g/mol. The number of rotatable bonds is 2. The Morgan fingerprint density at radius 3 is 2.42 bits per heavy atom. The lowest BCUT2D eigenvalue weighted by Crippen LogP contribution is -2.27. The Labute approximate surface area is 117 Å². The molecular weight excluding hydrogens is 347 g/mol. The number of anilines is 1. The third-order valence-electron chi connectivity index (χ3n) is 2.93. The third-order valence-corrected chi connectivity index (χ3v) is 5.21. The standard InChI is InChI=1S/C11H11BrF3NO2S/c12-8-5-6-16(7-8)9-3-1-2-4-10(9)19(17,18)11(13,14)15/h1-4,8H,5-7H2. The van der Waals surface area contributed by atoms with Crippen LogP contribution in [-0.2, 0) is 9.84 Å². The normalized spacial score (nSPS) is 20.8. The van der Waals surface area contributed by atoms with Gasteiger partial charge in [0.15, 0.2) is 0 Å². The van der Waals surface area contributed by atoms with Crippen molar-refractivity contribution in [2.45, 2.75) is 21.7 Å². The molecule has 1 aromatic rings. The lowest BCUT2D eigenvalue weighted by molar-refractivity contribution is -0.0435. The Morgan fingerprint density at radius 2 is 1.89 bits per heavy atom. The molecule has 3 nitrogen and oxygen atoms in total. The summed E-state index contributed by atoms with van der Waals surface area (Å²) in [5, 5.41) is 0. The summed E-state index contributed by atoms with van der Waals surface area (Å²) in [4.78, 5) is 1.14. The molecule has 2 rings (SSSR count). The molecule has 8 heteroatoms. The van der Waals surface area contributed by atoms with Gasteiger partial charge in [0.1, 0.15) is 0 Å². The summed E-state index contributed by atoms with van der Waals surface area (Å²) in [6, 6.07) is 5.24. The molecule has 1 heterocycles. The molecule has 1 aliphatic heterocycles. The quantitative estimate of drug-likeness (QED) is 0.763. The Kier molecular flexibility index (Phi) is 3.83. The van der Waals surface area contributed by atoms with Crippen molar-refractivity contribution in [2.75, 3.05) is 18.0 Å². The van der Waals surface area contributed by atoms with Gasteiger partial charge in [-0.3, -0.25) is 0 Å². The number of para-hydroxylation sites is 1. The molecule has 0 radical (unpaired) electrons. The predicted molar refractivity (Wildman–Crippen MR) is 69.2 cm³/mol. The van der Waals surface area contributed by atoms with Crippen molar-refractivity contribution in [3.05, 3.63) is 24.3 Å². The molecule has 0 spiro atoms. The Balaban J connectivity index is 2.48. The summed E-state index contributed by atoms with van der Waals surface area (Å²) in [5.74, 6) is 0. The second-order valence-electron chi connectivity index (χ2n) is 4.25. The van der Waals surface area contributed by atoms with Gasteiger partial charge in [0, 0.05) is 17.9 Å². The fourth-order valence-corrected chi connectivity index (χ4v) is 3.54. The van der Waals surface area contributed by atoms with Crippen LogP contribution in [0, 0.1) is 0 Å². The topological polar surface area (TPSA) is 37.4 Å². The second-order valence-corrected chi connectivity index (χ2v) is 7.45. The highest BCUT2D eigenvalue weighted by molar-refractivity contribution is 9.09. The lowest BCUT2D eigenvalue weighted by Gasteiger charge is -2.21. The van der Waals surface area contributed by atoms with Crippen LogP contribution in [0.25, 0.3) is 0 Å². The van der Waals surface area contributed by atoms with Crippen molar-refractivity contribution in [3.8, 4) is 0 Å². The van der Waals surface area contributed by atoms with Crippen molar-refractivity contribution < 1.29 is 21.6 Å². The molecule has 1 aromatic carbocycles. The zero-order valence-electron chi connectivity index (χ0n) is 9.69. The van der Waals surface area contributed by atoms with Gasteiger partial charge in [0.25, 0.3) is 9.84 Å². The lowest BCUT2D eigenvalue weighted by atomic mass is 10.3. The molecule has 0 bridgehead atoms. The zero-order chi connectivity index (χ0) is 14.3. The van der Waals surface area contributed by atoms with Crippen molar-refractivity contribution in [1.29, 1.82) is 0 Å². The number of hydrogen-bond acceptors (Lipinski definition) is 3. The first-order chi connectivity index (χ1) is 8.73. The summed E-state index contributed by atoms with van der Waals surface area (Å²) in [5.41, 5.74) is -5.17. The molecule has 1 fully saturated rings. The molecule has 0 amide bonds. The Hall–Kier alpha value is -0.760. The predicted octanol–water partition coefficient (Wildman–Crippen LogP) is 2.95. The number of alkyl halides is 4. The van der Waals surface area contributed by atoms with E-state index in [1.165, 1.54) is 18.2 Å². The van der Waals surface area contributed by atoms with Gasteiger partial charge < -0.3 is 4.90 Å². The molecule has 1 aliphatic rings. The van der Waals surface area contributed by atoms with Crippen LogP contribution in [0.3, 0.4) is 0 Å². The average Bonchev–Trinajstić information content (AvgIpc) is 2.74. The van der Waals surface area contributed by atoms with Gasteiger partial charge in [0.2, 0.25) is 0 Å². The smallest absolute Gasteiger partial charge is 0.369 e. The summed E-state index contributed by atoms with van der Waals surface area (Å²) in [6.07, 6.45) is 0.764. The van der Waals surface area contributed by atoms with Gasteiger partial charge in [-0.15, -0.1) is 0 Å². The van der Waals surface area contributed by atoms with Gasteiger partial charge in [-0.05, 0) is 18.6 Å². The van der Waals surface area contributed by atoms with E-state index in [0.717, 1.165) is 12.5 Å². The molecule has 106 valence electrons. The van der Waals surface area contributed by atoms with E-state index in [4.69, 9.17) is 0 Å². The van der Waals surface area contributed by atoms with E-state index >= 15 is 0 Å². The van der Waals surface area contributed by atoms with Crippen LogP contribution in [0.1, 0.15) is 6.42 Å². The molecule has 19 heavy (non-hydrogen) atoms. The van der Waals surface area contributed by atoms with Crippen molar-refractivity contribution in [3.63, 3.8) is 0 Å². The Bertz CT molecular complexity index is 574. The fourth-order valence-electron chi connectivity index (χ4n) is 2.01. The number of nitrogens with zero attached hydrogens (tertiary/aromatic N) is 1. The molecule has 1 atom stereocenters. The summed E-state index contributed by atoms with van der Waals surface area (Å²) in [6.45, 7) is 1.02. The molecule has 0 N–H and O–H groups in total. The molecule has 0 aliphatic carbocycles. The number of benzene rings is 1. The summed E-state index contributed by atoms with van der Waals surface area (Å²) in [7, 11) is -5.32. The summed E-state index contributed by atoms with van der Waals surface area (Å²) < 4.78 is 61.0. The van der Waals surface area contributed by atoms with Crippen LogP contribution >= 0.6 is 15.9 Å². The number of sulfone groups is 1. The van der Waals surface area contributed by atoms with Crippen LogP contribution < -0.4 is 4.90 Å². The van der Waals surface area contributed by atoms with E-state index in [2.05, 4.69) is 15.9 Å². The van der Waals surface area contributed by atoms with Crippen molar-refractivity contribution in [2.24, 2.45) is 0 Å². The van der Waals surface area contributed by atoms with E-state index in [1.54, 1.807) is 4.90 Å². The van der Waals surface area contributed by atoms with Crippen molar-refractivity contribution in [1.82, 2.24) is 0 Å². The summed E-state index contributed by atoms with van der Waals surface area (Å²) >= 11 is 3.38. The fraction of sp³-hybridized carbons (Fsp3) is 0.455. The second kappa shape index (κ2) is 4.97. The molecular formula is C11H11BrF3NO2S. The highest BCUT2D eigenvalue weighted by Gasteiger charge is 2.48. The SMILES string of the molecule is O=S(=O)(c1ccccc1N1CCC(Br)C1)C(F)(F)F. The number of halogens is 4. The van der Waals surface area contributed by atoms with Gasteiger partial charge in [-0.2, -0.15) is 13.2 Å². The third kappa shape index (κ3) is 2.74. The van der Waals surface area contributed by atoms with E-state index in [1.807, 2.05) is 0 Å². The highest BCUT2D eigenvalue weighted by atomic mass is 79.9. The van der Waals surface area contributed by atoms with Crippen LogP contribution in [0.15, 0.2) is 29.2 Å².